The third kappa shape index (κ3) is 3.05. The normalized spacial score (nSPS) is 17.2. The predicted octanol–water partition coefficient (Wildman–Crippen LogP) is 0.139. The number of nitrogens with zero attached hydrogens (tertiary/aromatic N) is 3. The molecule has 0 saturated carbocycles. The highest BCUT2D eigenvalue weighted by Gasteiger charge is 2.27. The molecule has 3 rings (SSSR count). The summed E-state index contributed by atoms with van der Waals surface area (Å²) < 4.78 is 1.40. The molecule has 1 aromatic heterocycles. The molecular weight excluding hydrogens is 310 g/mol. The van der Waals surface area contributed by atoms with Crippen LogP contribution in [0.5, 0.6) is 0 Å². The number of amides is 1. The monoisotopic (exact) mass is 331 g/mol. The molecule has 0 bridgehead atoms. The van der Waals surface area contributed by atoms with Crippen molar-refractivity contribution in [2.24, 2.45) is 13.0 Å². The number of likely N-dealkylation sites (tertiary alicyclic amines) is 1. The summed E-state index contributed by atoms with van der Waals surface area (Å²) >= 11 is 0. The van der Waals surface area contributed by atoms with Crippen molar-refractivity contribution in [3.63, 3.8) is 0 Å². The van der Waals surface area contributed by atoms with Crippen molar-refractivity contribution in [3.05, 3.63) is 40.4 Å². The fourth-order valence-electron chi connectivity index (χ4n) is 3.16. The maximum atomic E-state index is 12.6. The zero-order valence-corrected chi connectivity index (χ0v) is 13.6. The standard InChI is InChI=1S/C17H21N3O4/c1-19-10-18-14-8-12(2-3-13(14)17(19)24)16(23)20-6-4-11(5-7-20)15(22)9-21/h2-3,8,10-11,15,21-22H,4-7,9H2,1H3. The van der Waals surface area contributed by atoms with Gasteiger partial charge in [-0.3, -0.25) is 9.59 Å². The number of benzene rings is 1. The van der Waals surface area contributed by atoms with Crippen LogP contribution in [-0.4, -0.2) is 56.4 Å². The lowest BCUT2D eigenvalue weighted by molar-refractivity contribution is 0.0179. The van der Waals surface area contributed by atoms with Crippen LogP contribution in [0.1, 0.15) is 23.2 Å². The van der Waals surface area contributed by atoms with Crippen LogP contribution in [0.4, 0.5) is 0 Å². The van der Waals surface area contributed by atoms with E-state index in [1.165, 1.54) is 10.9 Å². The van der Waals surface area contributed by atoms with Crippen LogP contribution in [0.2, 0.25) is 0 Å². The molecule has 0 radical (unpaired) electrons. The number of rotatable bonds is 3. The van der Waals surface area contributed by atoms with Crippen LogP contribution in [0.3, 0.4) is 0 Å². The Balaban J connectivity index is 1.78. The number of aliphatic hydroxyl groups excluding tert-OH is 2. The average Bonchev–Trinajstić information content (AvgIpc) is 2.63. The van der Waals surface area contributed by atoms with E-state index in [2.05, 4.69) is 4.98 Å². The molecule has 24 heavy (non-hydrogen) atoms. The van der Waals surface area contributed by atoms with Gasteiger partial charge in [0, 0.05) is 25.7 Å². The zero-order valence-electron chi connectivity index (χ0n) is 13.6. The van der Waals surface area contributed by atoms with Crippen LogP contribution < -0.4 is 5.56 Å². The van der Waals surface area contributed by atoms with Crippen LogP contribution >= 0.6 is 0 Å². The Morgan fingerprint density at radius 3 is 2.75 bits per heavy atom. The van der Waals surface area contributed by atoms with E-state index in [-0.39, 0.29) is 24.0 Å². The van der Waals surface area contributed by atoms with Gasteiger partial charge < -0.3 is 19.7 Å². The Hall–Kier alpha value is -2.25. The van der Waals surface area contributed by atoms with E-state index in [1.54, 1.807) is 30.1 Å². The molecule has 2 aromatic rings. The number of hydrogen-bond donors (Lipinski definition) is 2. The van der Waals surface area contributed by atoms with Crippen molar-refractivity contribution in [3.8, 4) is 0 Å². The van der Waals surface area contributed by atoms with Crippen LogP contribution in [-0.2, 0) is 7.05 Å². The van der Waals surface area contributed by atoms with Gasteiger partial charge in [0.2, 0.25) is 0 Å². The Morgan fingerprint density at radius 1 is 1.38 bits per heavy atom. The zero-order chi connectivity index (χ0) is 17.3. The Labute approximate surface area is 139 Å². The number of aryl methyl sites for hydroxylation is 1. The molecule has 1 amide bonds. The highest BCUT2D eigenvalue weighted by molar-refractivity contribution is 5.97. The number of piperidine rings is 1. The van der Waals surface area contributed by atoms with Gasteiger partial charge in [-0.25, -0.2) is 4.98 Å². The molecular formula is C17H21N3O4. The predicted molar refractivity (Wildman–Crippen MR) is 88.7 cm³/mol. The van der Waals surface area contributed by atoms with Crippen molar-refractivity contribution in [1.29, 1.82) is 0 Å². The summed E-state index contributed by atoms with van der Waals surface area (Å²) in [4.78, 5) is 30.6. The van der Waals surface area contributed by atoms with Gasteiger partial charge in [0.15, 0.2) is 0 Å². The van der Waals surface area contributed by atoms with Crippen molar-refractivity contribution in [2.45, 2.75) is 18.9 Å². The average molecular weight is 331 g/mol. The molecule has 1 aliphatic heterocycles. The number of aromatic nitrogens is 2. The maximum Gasteiger partial charge on any atom is 0.260 e. The molecule has 1 aliphatic rings. The quantitative estimate of drug-likeness (QED) is 0.834. The van der Waals surface area contributed by atoms with Crippen molar-refractivity contribution < 1.29 is 15.0 Å². The first-order valence-corrected chi connectivity index (χ1v) is 8.05. The van der Waals surface area contributed by atoms with E-state index in [9.17, 15) is 14.7 Å². The van der Waals surface area contributed by atoms with E-state index in [0.717, 1.165) is 0 Å². The van der Waals surface area contributed by atoms with Gasteiger partial charge in [-0.1, -0.05) is 0 Å². The van der Waals surface area contributed by atoms with Gasteiger partial charge in [-0.2, -0.15) is 0 Å². The minimum Gasteiger partial charge on any atom is -0.394 e. The molecule has 7 heteroatoms. The Morgan fingerprint density at radius 2 is 2.08 bits per heavy atom. The fourth-order valence-corrected chi connectivity index (χ4v) is 3.16. The number of carbonyl (C=O) groups is 1. The van der Waals surface area contributed by atoms with E-state index in [1.807, 2.05) is 0 Å². The highest BCUT2D eigenvalue weighted by Crippen LogP contribution is 2.22. The summed E-state index contributed by atoms with van der Waals surface area (Å²) in [5, 5.41) is 19.2. The second-order valence-electron chi connectivity index (χ2n) is 6.27. The first-order chi connectivity index (χ1) is 11.5. The van der Waals surface area contributed by atoms with Crippen molar-refractivity contribution >= 4 is 16.8 Å². The molecule has 1 unspecified atom stereocenters. The molecule has 1 saturated heterocycles. The van der Waals surface area contributed by atoms with Crippen LogP contribution in [0.15, 0.2) is 29.3 Å². The maximum absolute atomic E-state index is 12.6. The minimum atomic E-state index is -0.719. The molecule has 7 nitrogen and oxygen atoms in total. The summed E-state index contributed by atoms with van der Waals surface area (Å²) in [6.07, 6.45) is 2.06. The van der Waals surface area contributed by atoms with Gasteiger partial charge in [-0.15, -0.1) is 0 Å². The molecule has 1 aromatic carbocycles. The summed E-state index contributed by atoms with van der Waals surface area (Å²) in [7, 11) is 1.64. The first kappa shape index (κ1) is 16.6. The Kier molecular flexibility index (Phi) is 4.64. The van der Waals surface area contributed by atoms with Gasteiger partial charge >= 0.3 is 0 Å². The van der Waals surface area contributed by atoms with Gasteiger partial charge in [0.25, 0.3) is 11.5 Å². The molecule has 1 fully saturated rings. The lowest BCUT2D eigenvalue weighted by Gasteiger charge is -2.33. The number of carbonyl (C=O) groups excluding carboxylic acids is 1. The van der Waals surface area contributed by atoms with E-state index >= 15 is 0 Å². The molecule has 2 N–H and O–H groups in total. The number of aliphatic hydroxyl groups is 2. The fraction of sp³-hybridized carbons (Fsp3) is 0.471. The second kappa shape index (κ2) is 6.70. The second-order valence-corrected chi connectivity index (χ2v) is 6.27. The summed E-state index contributed by atoms with van der Waals surface area (Å²) in [6, 6.07) is 4.94. The smallest absolute Gasteiger partial charge is 0.260 e. The number of hydrogen-bond acceptors (Lipinski definition) is 5. The molecule has 0 spiro atoms. The highest BCUT2D eigenvalue weighted by atomic mass is 16.3. The van der Waals surface area contributed by atoms with E-state index in [4.69, 9.17) is 5.11 Å². The minimum absolute atomic E-state index is 0.0281. The van der Waals surface area contributed by atoms with E-state index in [0.29, 0.717) is 42.4 Å². The summed E-state index contributed by atoms with van der Waals surface area (Å²) in [5.74, 6) is -0.0725. The van der Waals surface area contributed by atoms with Gasteiger partial charge in [0.05, 0.1) is 29.9 Å². The molecule has 2 heterocycles. The van der Waals surface area contributed by atoms with Crippen LogP contribution in [0.25, 0.3) is 10.9 Å². The third-order valence-corrected chi connectivity index (χ3v) is 4.72. The molecule has 128 valence electrons. The largest absolute Gasteiger partial charge is 0.394 e. The van der Waals surface area contributed by atoms with Gasteiger partial charge in [0.1, 0.15) is 0 Å². The van der Waals surface area contributed by atoms with Crippen LogP contribution in [0, 0.1) is 5.92 Å². The Bertz CT molecular complexity index is 809. The van der Waals surface area contributed by atoms with Crippen molar-refractivity contribution in [2.75, 3.05) is 19.7 Å². The van der Waals surface area contributed by atoms with Gasteiger partial charge in [-0.05, 0) is 37.0 Å². The first-order valence-electron chi connectivity index (χ1n) is 8.05. The number of fused-ring (bicyclic) bond motifs is 1. The molecule has 1 atom stereocenters. The lowest BCUT2D eigenvalue weighted by Crippen LogP contribution is -2.42. The lowest BCUT2D eigenvalue weighted by atomic mass is 9.91. The van der Waals surface area contributed by atoms with Crippen molar-refractivity contribution in [1.82, 2.24) is 14.5 Å². The van der Waals surface area contributed by atoms with E-state index < -0.39 is 6.10 Å². The molecule has 0 aliphatic carbocycles. The third-order valence-electron chi connectivity index (χ3n) is 4.72. The topological polar surface area (TPSA) is 95.7 Å². The summed E-state index contributed by atoms with van der Waals surface area (Å²) in [6.45, 7) is 0.842. The SMILES string of the molecule is Cn1cnc2cc(C(=O)N3CCC(C(O)CO)CC3)ccc2c1=O. The summed E-state index contributed by atoms with van der Waals surface area (Å²) in [5.41, 5.74) is 0.872.